The average molecular weight is 329 g/mol. The molecule has 0 aliphatic rings. The van der Waals surface area contributed by atoms with E-state index in [1.54, 1.807) is 51.1 Å². The highest BCUT2D eigenvalue weighted by molar-refractivity contribution is 5.95. The van der Waals surface area contributed by atoms with Crippen molar-refractivity contribution in [2.75, 3.05) is 11.1 Å². The molecule has 0 atom stereocenters. The zero-order valence-corrected chi connectivity index (χ0v) is 13.7. The molecule has 0 aliphatic carbocycles. The van der Waals surface area contributed by atoms with Gasteiger partial charge in [0.25, 0.3) is 0 Å². The van der Waals surface area contributed by atoms with E-state index in [9.17, 15) is 14.7 Å². The van der Waals surface area contributed by atoms with Crippen molar-refractivity contribution in [3.63, 3.8) is 0 Å². The standard InChI is InChI=1S/C17H19N3O4/c1-17(2,3)24-16(23)19-11-6-4-5-10(9-11)12-7-8-13(18)20-14(12)15(21)22/h4-9H,1-3H3,(H2,18,20)(H,19,23)(H,21,22). The van der Waals surface area contributed by atoms with Gasteiger partial charge in [-0.05, 0) is 50.6 Å². The van der Waals surface area contributed by atoms with E-state index in [4.69, 9.17) is 10.5 Å². The highest BCUT2D eigenvalue weighted by Crippen LogP contribution is 2.26. The topological polar surface area (TPSA) is 115 Å². The number of aromatic nitrogens is 1. The fourth-order valence-electron chi connectivity index (χ4n) is 2.06. The summed E-state index contributed by atoms with van der Waals surface area (Å²) in [6.07, 6.45) is -0.589. The molecule has 1 aromatic carbocycles. The van der Waals surface area contributed by atoms with Crippen LogP contribution in [-0.2, 0) is 4.74 Å². The van der Waals surface area contributed by atoms with Gasteiger partial charge in [0.15, 0.2) is 5.69 Å². The van der Waals surface area contributed by atoms with Crippen LogP contribution in [0.25, 0.3) is 11.1 Å². The molecule has 0 fully saturated rings. The normalized spacial score (nSPS) is 11.0. The number of carbonyl (C=O) groups is 2. The van der Waals surface area contributed by atoms with Gasteiger partial charge in [0.05, 0.1) is 0 Å². The molecule has 0 radical (unpaired) electrons. The lowest BCUT2D eigenvalue weighted by molar-refractivity contribution is 0.0634. The lowest BCUT2D eigenvalue weighted by Gasteiger charge is -2.19. The quantitative estimate of drug-likeness (QED) is 0.795. The second-order valence-corrected chi connectivity index (χ2v) is 6.15. The van der Waals surface area contributed by atoms with Crippen LogP contribution in [0.5, 0.6) is 0 Å². The summed E-state index contributed by atoms with van der Waals surface area (Å²) in [6, 6.07) is 9.85. The summed E-state index contributed by atoms with van der Waals surface area (Å²) in [5.41, 5.74) is 6.27. The fourth-order valence-corrected chi connectivity index (χ4v) is 2.06. The maximum Gasteiger partial charge on any atom is 0.412 e. The first-order valence-electron chi connectivity index (χ1n) is 7.26. The molecule has 2 rings (SSSR count). The summed E-state index contributed by atoms with van der Waals surface area (Å²) in [6.45, 7) is 5.30. The Balaban J connectivity index is 2.32. The van der Waals surface area contributed by atoms with Crippen LogP contribution in [0.3, 0.4) is 0 Å². The lowest BCUT2D eigenvalue weighted by atomic mass is 10.0. The van der Waals surface area contributed by atoms with Crippen molar-refractivity contribution in [2.24, 2.45) is 0 Å². The van der Waals surface area contributed by atoms with Crippen molar-refractivity contribution in [2.45, 2.75) is 26.4 Å². The first-order valence-corrected chi connectivity index (χ1v) is 7.26. The van der Waals surface area contributed by atoms with Gasteiger partial charge in [-0.15, -0.1) is 0 Å². The van der Waals surface area contributed by atoms with E-state index in [0.717, 1.165) is 0 Å². The summed E-state index contributed by atoms with van der Waals surface area (Å²) in [4.78, 5) is 27.1. The summed E-state index contributed by atoms with van der Waals surface area (Å²) in [7, 11) is 0. The molecule has 0 saturated heterocycles. The minimum atomic E-state index is -1.18. The van der Waals surface area contributed by atoms with Crippen LogP contribution in [0.4, 0.5) is 16.3 Å². The predicted molar refractivity (Wildman–Crippen MR) is 90.9 cm³/mol. The van der Waals surface area contributed by atoms with Gasteiger partial charge < -0.3 is 15.6 Å². The number of carbonyl (C=O) groups excluding carboxylic acids is 1. The Bertz CT molecular complexity index is 782. The van der Waals surface area contributed by atoms with E-state index in [0.29, 0.717) is 16.8 Å². The Morgan fingerprint density at radius 2 is 1.92 bits per heavy atom. The molecule has 1 amide bonds. The molecule has 7 heteroatoms. The van der Waals surface area contributed by atoms with Crippen LogP contribution < -0.4 is 11.1 Å². The Morgan fingerprint density at radius 3 is 2.54 bits per heavy atom. The van der Waals surface area contributed by atoms with Gasteiger partial charge in [-0.2, -0.15) is 0 Å². The molecule has 1 heterocycles. The number of aromatic carboxylic acids is 1. The van der Waals surface area contributed by atoms with Crippen molar-refractivity contribution in [3.8, 4) is 11.1 Å². The highest BCUT2D eigenvalue weighted by Gasteiger charge is 2.17. The zero-order chi connectivity index (χ0) is 17.9. The first kappa shape index (κ1) is 17.3. The van der Waals surface area contributed by atoms with Crippen LogP contribution in [0.15, 0.2) is 36.4 Å². The molecule has 2 aromatic rings. The number of rotatable bonds is 3. The second-order valence-electron chi connectivity index (χ2n) is 6.15. The van der Waals surface area contributed by atoms with E-state index in [2.05, 4.69) is 10.3 Å². The number of nitrogens with zero attached hydrogens (tertiary/aromatic N) is 1. The number of nitrogens with two attached hydrogens (primary N) is 1. The minimum Gasteiger partial charge on any atom is -0.476 e. The number of hydrogen-bond acceptors (Lipinski definition) is 5. The molecule has 0 bridgehead atoms. The molecule has 7 nitrogen and oxygen atoms in total. The Labute approximate surface area is 139 Å². The van der Waals surface area contributed by atoms with E-state index in [1.165, 1.54) is 6.07 Å². The fraction of sp³-hybridized carbons (Fsp3) is 0.235. The summed E-state index contributed by atoms with van der Waals surface area (Å²) in [5.74, 6) is -1.05. The van der Waals surface area contributed by atoms with Crippen LogP contribution in [0.1, 0.15) is 31.3 Å². The van der Waals surface area contributed by atoms with Gasteiger partial charge >= 0.3 is 12.1 Å². The summed E-state index contributed by atoms with van der Waals surface area (Å²) >= 11 is 0. The number of amides is 1. The number of hydrogen-bond donors (Lipinski definition) is 3. The van der Waals surface area contributed by atoms with E-state index < -0.39 is 17.7 Å². The number of nitrogen functional groups attached to an aromatic ring is 1. The number of benzene rings is 1. The maximum atomic E-state index is 11.8. The SMILES string of the molecule is CC(C)(C)OC(=O)Nc1cccc(-c2ccc(N)nc2C(=O)O)c1. The summed E-state index contributed by atoms with van der Waals surface area (Å²) in [5, 5.41) is 11.9. The van der Waals surface area contributed by atoms with E-state index >= 15 is 0 Å². The Morgan fingerprint density at radius 1 is 1.21 bits per heavy atom. The molecule has 0 aliphatic heterocycles. The predicted octanol–water partition coefficient (Wildman–Crippen LogP) is 3.38. The number of anilines is 2. The van der Waals surface area contributed by atoms with Gasteiger partial charge in [0.1, 0.15) is 11.4 Å². The van der Waals surface area contributed by atoms with Gasteiger partial charge in [0, 0.05) is 11.3 Å². The second kappa shape index (κ2) is 6.57. The number of carboxylic acids is 1. The average Bonchev–Trinajstić information content (AvgIpc) is 2.45. The Kier molecular flexibility index (Phi) is 4.73. The third-order valence-electron chi connectivity index (χ3n) is 2.94. The third-order valence-corrected chi connectivity index (χ3v) is 2.94. The third kappa shape index (κ3) is 4.45. The number of nitrogens with one attached hydrogen (secondary N) is 1. The molecular weight excluding hydrogens is 310 g/mol. The van der Waals surface area contributed by atoms with Gasteiger partial charge in [-0.3, -0.25) is 5.32 Å². The summed E-state index contributed by atoms with van der Waals surface area (Å²) < 4.78 is 5.19. The molecule has 1 aromatic heterocycles. The van der Waals surface area contributed by atoms with Crippen LogP contribution in [-0.4, -0.2) is 27.8 Å². The zero-order valence-electron chi connectivity index (χ0n) is 13.7. The lowest BCUT2D eigenvalue weighted by Crippen LogP contribution is -2.27. The maximum absolute atomic E-state index is 11.8. The van der Waals surface area contributed by atoms with Crippen LogP contribution in [0, 0.1) is 0 Å². The monoisotopic (exact) mass is 329 g/mol. The van der Waals surface area contributed by atoms with Crippen LogP contribution >= 0.6 is 0 Å². The smallest absolute Gasteiger partial charge is 0.412 e. The molecule has 0 spiro atoms. The molecule has 0 unspecified atom stereocenters. The van der Waals surface area contributed by atoms with Crippen molar-refractivity contribution in [1.82, 2.24) is 4.98 Å². The van der Waals surface area contributed by atoms with Crippen molar-refractivity contribution >= 4 is 23.6 Å². The van der Waals surface area contributed by atoms with Gasteiger partial charge in [0.2, 0.25) is 0 Å². The van der Waals surface area contributed by atoms with E-state index in [-0.39, 0.29) is 11.5 Å². The minimum absolute atomic E-state index is 0.124. The van der Waals surface area contributed by atoms with Crippen molar-refractivity contribution < 1.29 is 19.4 Å². The Hall–Kier alpha value is -3.09. The highest BCUT2D eigenvalue weighted by atomic mass is 16.6. The number of ether oxygens (including phenoxy) is 1. The van der Waals surface area contributed by atoms with E-state index in [1.807, 2.05) is 0 Å². The number of carboxylic acid groups (broad SMARTS) is 1. The van der Waals surface area contributed by atoms with Crippen molar-refractivity contribution in [1.29, 1.82) is 0 Å². The largest absolute Gasteiger partial charge is 0.476 e. The van der Waals surface area contributed by atoms with Crippen LogP contribution in [0.2, 0.25) is 0 Å². The molecular formula is C17H19N3O4. The first-order chi connectivity index (χ1) is 11.2. The van der Waals surface area contributed by atoms with Gasteiger partial charge in [-0.1, -0.05) is 12.1 Å². The molecule has 4 N–H and O–H groups in total. The molecule has 126 valence electrons. The molecule has 0 saturated carbocycles. The van der Waals surface area contributed by atoms with Gasteiger partial charge in [-0.25, -0.2) is 14.6 Å². The molecule has 24 heavy (non-hydrogen) atoms. The van der Waals surface area contributed by atoms with Crippen molar-refractivity contribution in [3.05, 3.63) is 42.1 Å². The number of pyridine rings is 1.